The van der Waals surface area contributed by atoms with Gasteiger partial charge in [0.1, 0.15) is 34.6 Å². The highest BCUT2D eigenvalue weighted by Gasteiger charge is 2.51. The van der Waals surface area contributed by atoms with Crippen LogP contribution in [0.5, 0.6) is 0 Å². The lowest BCUT2D eigenvalue weighted by Gasteiger charge is -2.32. The fourth-order valence-corrected chi connectivity index (χ4v) is 2.82. The Bertz CT molecular complexity index is 834. The summed E-state index contributed by atoms with van der Waals surface area (Å²) < 4.78 is 63.7. The van der Waals surface area contributed by atoms with Crippen molar-refractivity contribution in [1.29, 1.82) is 0 Å². The van der Waals surface area contributed by atoms with E-state index < -0.39 is 53.0 Å². The van der Waals surface area contributed by atoms with Crippen LogP contribution in [0.4, 0.5) is 28.9 Å². The van der Waals surface area contributed by atoms with Crippen LogP contribution in [-0.4, -0.2) is 18.3 Å². The van der Waals surface area contributed by atoms with E-state index >= 15 is 0 Å². The van der Waals surface area contributed by atoms with Crippen molar-refractivity contribution in [2.24, 2.45) is 0 Å². The van der Waals surface area contributed by atoms with Crippen molar-refractivity contribution < 1.29 is 26.9 Å². The SMILES string of the molecule is CC1(C)OB(c2cc(F)c(N)c(F)c2)OC1(C)C.Nc1c(F)cc(I)cc1F. The first-order chi connectivity index (χ1) is 12.7. The zero-order chi connectivity index (χ0) is 21.4. The van der Waals surface area contributed by atoms with E-state index in [-0.39, 0.29) is 5.46 Å². The molecule has 0 bridgehead atoms. The molecule has 4 N–H and O–H groups in total. The van der Waals surface area contributed by atoms with Crippen LogP contribution >= 0.6 is 22.6 Å². The summed E-state index contributed by atoms with van der Waals surface area (Å²) in [4.78, 5) is 0. The number of nitrogens with two attached hydrogens (primary N) is 2. The molecule has 152 valence electrons. The average molecular weight is 510 g/mol. The molecule has 4 nitrogen and oxygen atoms in total. The molecule has 28 heavy (non-hydrogen) atoms. The van der Waals surface area contributed by atoms with Gasteiger partial charge in [0.05, 0.1) is 11.2 Å². The molecule has 0 saturated carbocycles. The zero-order valence-corrected chi connectivity index (χ0v) is 17.9. The van der Waals surface area contributed by atoms with Crippen LogP contribution in [0.2, 0.25) is 0 Å². The molecule has 0 aliphatic carbocycles. The topological polar surface area (TPSA) is 70.5 Å². The second kappa shape index (κ2) is 8.07. The summed E-state index contributed by atoms with van der Waals surface area (Å²) >= 11 is 1.81. The van der Waals surface area contributed by atoms with E-state index in [1.807, 2.05) is 50.3 Å². The molecule has 1 fully saturated rings. The third-order valence-electron chi connectivity index (χ3n) is 4.67. The minimum atomic E-state index is -0.806. The van der Waals surface area contributed by atoms with Gasteiger partial charge in [-0.25, -0.2) is 17.6 Å². The molecule has 0 unspecified atom stereocenters. The van der Waals surface area contributed by atoms with Crippen molar-refractivity contribution in [3.8, 4) is 0 Å². The van der Waals surface area contributed by atoms with E-state index in [4.69, 9.17) is 20.8 Å². The molecule has 10 heteroatoms. The lowest BCUT2D eigenvalue weighted by atomic mass is 9.79. The molecule has 0 aromatic heterocycles. The normalized spacial score (nSPS) is 17.2. The summed E-state index contributed by atoms with van der Waals surface area (Å²) in [6.45, 7) is 7.49. The number of hydrogen-bond acceptors (Lipinski definition) is 4. The minimum absolute atomic E-state index is 0.290. The molecule has 0 radical (unpaired) electrons. The van der Waals surface area contributed by atoms with Gasteiger partial charge in [0.2, 0.25) is 0 Å². The first-order valence-electron chi connectivity index (χ1n) is 8.25. The quantitative estimate of drug-likeness (QED) is 0.264. The highest BCUT2D eigenvalue weighted by atomic mass is 127. The van der Waals surface area contributed by atoms with Crippen LogP contribution in [-0.2, 0) is 9.31 Å². The van der Waals surface area contributed by atoms with Crippen LogP contribution in [0.3, 0.4) is 0 Å². The van der Waals surface area contributed by atoms with Gasteiger partial charge < -0.3 is 20.8 Å². The van der Waals surface area contributed by atoms with Gasteiger partial charge in [0, 0.05) is 3.57 Å². The Balaban J connectivity index is 0.000000237. The summed E-state index contributed by atoms with van der Waals surface area (Å²) in [5.74, 6) is -3.02. The molecule has 1 aliphatic rings. The van der Waals surface area contributed by atoms with Crippen LogP contribution < -0.4 is 16.9 Å². The fraction of sp³-hybridized carbons (Fsp3) is 0.333. The number of benzene rings is 2. The fourth-order valence-electron chi connectivity index (χ4n) is 2.27. The van der Waals surface area contributed by atoms with Gasteiger partial charge in [-0.05, 0) is 80.0 Å². The maximum absolute atomic E-state index is 13.4. The van der Waals surface area contributed by atoms with E-state index in [1.165, 1.54) is 12.1 Å². The first-order valence-corrected chi connectivity index (χ1v) is 9.33. The van der Waals surface area contributed by atoms with Crippen molar-refractivity contribution in [3.63, 3.8) is 0 Å². The Kier molecular flexibility index (Phi) is 6.56. The molecule has 0 amide bonds. The van der Waals surface area contributed by atoms with Crippen LogP contribution in [0.15, 0.2) is 24.3 Å². The molecule has 2 aromatic carbocycles. The molecule has 3 rings (SSSR count). The summed E-state index contributed by atoms with van der Waals surface area (Å²) in [7, 11) is -0.792. The number of nitrogen functional groups attached to an aromatic ring is 2. The molecule has 2 aromatic rings. The van der Waals surface area contributed by atoms with Crippen LogP contribution in [0, 0.1) is 26.8 Å². The number of hydrogen-bond donors (Lipinski definition) is 2. The van der Waals surface area contributed by atoms with Crippen molar-refractivity contribution in [3.05, 3.63) is 51.1 Å². The van der Waals surface area contributed by atoms with E-state index in [0.717, 1.165) is 12.1 Å². The summed E-state index contributed by atoms with van der Waals surface area (Å²) in [5, 5.41) is 0. The van der Waals surface area contributed by atoms with Gasteiger partial charge in [-0.3, -0.25) is 0 Å². The Morgan fingerprint density at radius 3 is 1.43 bits per heavy atom. The average Bonchev–Trinajstić information content (AvgIpc) is 2.78. The third kappa shape index (κ3) is 4.72. The monoisotopic (exact) mass is 510 g/mol. The standard InChI is InChI=1S/C12H16BF2NO2.C6H4F2IN/c1-11(2)12(3,4)18-13(17-11)7-5-8(14)10(16)9(15)6-7;7-4-1-3(9)2-5(8)6(4)10/h5-6H,16H2,1-4H3;1-2H,10H2. The Morgan fingerprint density at radius 2 is 1.07 bits per heavy atom. The molecule has 1 heterocycles. The Hall–Kier alpha value is -1.53. The molecule has 1 saturated heterocycles. The molecule has 0 spiro atoms. The maximum atomic E-state index is 13.4. The van der Waals surface area contributed by atoms with Crippen LogP contribution in [0.1, 0.15) is 27.7 Å². The number of halogens is 5. The van der Waals surface area contributed by atoms with E-state index in [0.29, 0.717) is 3.57 Å². The summed E-state index contributed by atoms with van der Waals surface area (Å²) in [6.07, 6.45) is 0. The van der Waals surface area contributed by atoms with Gasteiger partial charge in [-0.2, -0.15) is 0 Å². The second-order valence-corrected chi connectivity index (χ2v) is 8.52. The second-order valence-electron chi connectivity index (χ2n) is 7.27. The van der Waals surface area contributed by atoms with Gasteiger partial charge in [0.25, 0.3) is 0 Å². The Labute approximate surface area is 174 Å². The van der Waals surface area contributed by atoms with E-state index in [9.17, 15) is 17.6 Å². The highest BCUT2D eigenvalue weighted by molar-refractivity contribution is 14.1. The zero-order valence-electron chi connectivity index (χ0n) is 15.7. The number of rotatable bonds is 1. The minimum Gasteiger partial charge on any atom is -0.399 e. The number of anilines is 2. The lowest BCUT2D eigenvalue weighted by Crippen LogP contribution is -2.41. The highest BCUT2D eigenvalue weighted by Crippen LogP contribution is 2.36. The molecular weight excluding hydrogens is 490 g/mol. The van der Waals surface area contributed by atoms with Crippen LogP contribution in [0.25, 0.3) is 0 Å². The van der Waals surface area contributed by atoms with E-state index in [1.54, 1.807) is 0 Å². The van der Waals surface area contributed by atoms with Crippen molar-refractivity contribution in [1.82, 2.24) is 0 Å². The third-order valence-corrected chi connectivity index (χ3v) is 5.29. The maximum Gasteiger partial charge on any atom is 0.495 e. The summed E-state index contributed by atoms with van der Waals surface area (Å²) in [5.41, 5.74) is 8.51. The van der Waals surface area contributed by atoms with Gasteiger partial charge >= 0.3 is 7.12 Å². The van der Waals surface area contributed by atoms with Gasteiger partial charge in [-0.15, -0.1) is 0 Å². The summed E-state index contributed by atoms with van der Waals surface area (Å²) in [6, 6.07) is 4.64. The van der Waals surface area contributed by atoms with Crippen molar-refractivity contribution in [2.45, 2.75) is 38.9 Å². The predicted molar refractivity (Wildman–Crippen MR) is 110 cm³/mol. The van der Waals surface area contributed by atoms with E-state index in [2.05, 4.69) is 0 Å². The molecule has 0 atom stereocenters. The van der Waals surface area contributed by atoms with Crippen molar-refractivity contribution >= 4 is 46.5 Å². The van der Waals surface area contributed by atoms with Gasteiger partial charge in [0.15, 0.2) is 0 Å². The van der Waals surface area contributed by atoms with Crippen molar-refractivity contribution in [2.75, 3.05) is 11.5 Å². The Morgan fingerprint density at radius 1 is 0.750 bits per heavy atom. The molecule has 1 aliphatic heterocycles. The smallest absolute Gasteiger partial charge is 0.399 e. The predicted octanol–water partition coefficient (Wildman–Crippen LogP) is 4.00. The largest absolute Gasteiger partial charge is 0.495 e. The lowest BCUT2D eigenvalue weighted by molar-refractivity contribution is 0.00578. The molecular formula is C18H20BF4IN2O2. The van der Waals surface area contributed by atoms with Gasteiger partial charge in [-0.1, -0.05) is 0 Å². The first kappa shape index (κ1) is 22.8.